The molecule has 0 aliphatic rings. The largest absolute Gasteiger partial charge is 0.480 e. The van der Waals surface area contributed by atoms with Gasteiger partial charge in [-0.1, -0.05) is 25.4 Å². The standard InChI is InChI=1S/C12H15ClN2O4/c1-7(2)11(12(16)17)14-6-8-3-4-9(13)5-10(8)15(18)19/h3-5,7,11,14H,6H2,1-2H3,(H,16,17). The lowest BCUT2D eigenvalue weighted by Crippen LogP contribution is -2.40. The maximum atomic E-state index is 11.0. The number of carbonyl (C=O) groups is 1. The van der Waals surface area contributed by atoms with Crippen molar-refractivity contribution in [2.45, 2.75) is 26.4 Å². The zero-order valence-corrected chi connectivity index (χ0v) is 11.3. The lowest BCUT2D eigenvalue weighted by molar-refractivity contribution is -0.385. The summed E-state index contributed by atoms with van der Waals surface area (Å²) in [5.74, 6) is -1.10. The first-order chi connectivity index (χ1) is 8.82. The molecule has 0 aliphatic heterocycles. The van der Waals surface area contributed by atoms with Gasteiger partial charge in [0.2, 0.25) is 0 Å². The van der Waals surface area contributed by atoms with Crippen molar-refractivity contribution in [1.82, 2.24) is 5.32 Å². The molecule has 1 aromatic rings. The molecule has 7 heteroatoms. The fourth-order valence-corrected chi connectivity index (χ4v) is 1.85. The monoisotopic (exact) mass is 286 g/mol. The summed E-state index contributed by atoms with van der Waals surface area (Å²) in [5, 5.41) is 23.0. The molecule has 6 nitrogen and oxygen atoms in total. The van der Waals surface area contributed by atoms with E-state index in [1.807, 2.05) is 0 Å². The van der Waals surface area contributed by atoms with Crippen LogP contribution in [0.2, 0.25) is 5.02 Å². The molecule has 0 saturated carbocycles. The van der Waals surface area contributed by atoms with Crippen molar-refractivity contribution in [2.75, 3.05) is 0 Å². The fraction of sp³-hybridized carbons (Fsp3) is 0.417. The molecule has 0 spiro atoms. The van der Waals surface area contributed by atoms with Crippen molar-refractivity contribution in [2.24, 2.45) is 5.92 Å². The predicted octanol–water partition coefficient (Wildman–Crippen LogP) is 2.45. The van der Waals surface area contributed by atoms with Crippen LogP contribution in [0.3, 0.4) is 0 Å². The predicted molar refractivity (Wildman–Crippen MR) is 71.2 cm³/mol. The molecule has 1 unspecified atom stereocenters. The average molecular weight is 287 g/mol. The van der Waals surface area contributed by atoms with Gasteiger partial charge in [-0.05, 0) is 18.1 Å². The number of carboxylic acid groups (broad SMARTS) is 1. The van der Waals surface area contributed by atoms with Crippen LogP contribution in [0, 0.1) is 16.0 Å². The van der Waals surface area contributed by atoms with Crippen LogP contribution in [0.4, 0.5) is 5.69 Å². The third-order valence-corrected chi connectivity index (χ3v) is 2.92. The van der Waals surface area contributed by atoms with Crippen LogP contribution in [0.5, 0.6) is 0 Å². The van der Waals surface area contributed by atoms with Crippen molar-refractivity contribution in [3.05, 3.63) is 38.9 Å². The molecule has 1 rings (SSSR count). The van der Waals surface area contributed by atoms with Crippen LogP contribution in [-0.4, -0.2) is 22.0 Å². The highest BCUT2D eigenvalue weighted by Crippen LogP contribution is 2.23. The Bertz CT molecular complexity index is 491. The first-order valence-corrected chi connectivity index (χ1v) is 6.09. The van der Waals surface area contributed by atoms with Gasteiger partial charge in [0, 0.05) is 23.2 Å². The lowest BCUT2D eigenvalue weighted by atomic mass is 10.0. The van der Waals surface area contributed by atoms with E-state index >= 15 is 0 Å². The van der Waals surface area contributed by atoms with Crippen molar-refractivity contribution in [1.29, 1.82) is 0 Å². The number of nitro groups is 1. The molecular weight excluding hydrogens is 272 g/mol. The second kappa shape index (κ2) is 6.49. The number of nitrogens with zero attached hydrogens (tertiary/aromatic N) is 1. The summed E-state index contributed by atoms with van der Waals surface area (Å²) in [6.45, 7) is 3.63. The summed E-state index contributed by atoms with van der Waals surface area (Å²) in [5.41, 5.74) is 0.286. The van der Waals surface area contributed by atoms with Gasteiger partial charge in [-0.3, -0.25) is 20.2 Å². The third kappa shape index (κ3) is 4.18. The Hall–Kier alpha value is -1.66. The molecule has 1 aromatic carbocycles. The van der Waals surface area contributed by atoms with Gasteiger partial charge in [-0.25, -0.2) is 0 Å². The Morgan fingerprint density at radius 1 is 1.53 bits per heavy atom. The number of halogens is 1. The summed E-state index contributed by atoms with van der Waals surface area (Å²) in [7, 11) is 0. The zero-order valence-electron chi connectivity index (χ0n) is 10.6. The molecule has 0 radical (unpaired) electrons. The average Bonchev–Trinajstić information content (AvgIpc) is 2.29. The van der Waals surface area contributed by atoms with Crippen LogP contribution in [-0.2, 0) is 11.3 Å². The highest BCUT2D eigenvalue weighted by Gasteiger charge is 2.22. The van der Waals surface area contributed by atoms with Crippen molar-refractivity contribution < 1.29 is 14.8 Å². The number of hydrogen-bond acceptors (Lipinski definition) is 4. The van der Waals surface area contributed by atoms with E-state index in [0.717, 1.165) is 0 Å². The van der Waals surface area contributed by atoms with E-state index in [1.165, 1.54) is 18.2 Å². The summed E-state index contributed by atoms with van der Waals surface area (Å²) < 4.78 is 0. The lowest BCUT2D eigenvalue weighted by Gasteiger charge is -2.17. The Morgan fingerprint density at radius 2 is 2.16 bits per heavy atom. The van der Waals surface area contributed by atoms with Gasteiger partial charge >= 0.3 is 5.97 Å². The van der Waals surface area contributed by atoms with Crippen molar-refractivity contribution in [3.63, 3.8) is 0 Å². The minimum atomic E-state index is -0.980. The minimum absolute atomic E-state index is 0.0998. The maximum absolute atomic E-state index is 11.0. The number of aliphatic carboxylic acids is 1. The number of benzene rings is 1. The first-order valence-electron chi connectivity index (χ1n) is 5.72. The molecule has 1 atom stereocenters. The Kier molecular flexibility index (Phi) is 5.26. The van der Waals surface area contributed by atoms with Crippen LogP contribution in [0.1, 0.15) is 19.4 Å². The third-order valence-electron chi connectivity index (χ3n) is 2.69. The van der Waals surface area contributed by atoms with E-state index in [0.29, 0.717) is 5.56 Å². The molecule has 0 bridgehead atoms. The van der Waals surface area contributed by atoms with Crippen molar-refractivity contribution in [3.8, 4) is 0 Å². The number of nitro benzene ring substituents is 1. The van der Waals surface area contributed by atoms with Crippen LogP contribution in [0.15, 0.2) is 18.2 Å². The summed E-state index contributed by atoms with van der Waals surface area (Å²) in [4.78, 5) is 21.4. The number of nitrogens with one attached hydrogen (secondary N) is 1. The summed E-state index contributed by atoms with van der Waals surface area (Å²) in [6, 6.07) is 3.56. The van der Waals surface area contributed by atoms with Gasteiger partial charge in [0.25, 0.3) is 5.69 Å². The Balaban J connectivity index is 2.88. The molecule has 0 saturated heterocycles. The summed E-state index contributed by atoms with van der Waals surface area (Å²) in [6.07, 6.45) is 0. The van der Waals surface area contributed by atoms with Gasteiger partial charge in [-0.15, -0.1) is 0 Å². The SMILES string of the molecule is CC(C)C(NCc1ccc(Cl)cc1[N+](=O)[O-])C(=O)O. The van der Waals surface area contributed by atoms with Crippen LogP contribution < -0.4 is 5.32 Å². The highest BCUT2D eigenvalue weighted by molar-refractivity contribution is 6.30. The van der Waals surface area contributed by atoms with Gasteiger partial charge in [0.1, 0.15) is 6.04 Å². The number of hydrogen-bond donors (Lipinski definition) is 2. The molecule has 2 N–H and O–H groups in total. The van der Waals surface area contributed by atoms with Gasteiger partial charge in [0.15, 0.2) is 0 Å². The molecule has 0 fully saturated rings. The molecule has 0 amide bonds. The van der Waals surface area contributed by atoms with E-state index < -0.39 is 16.9 Å². The van der Waals surface area contributed by atoms with Gasteiger partial charge < -0.3 is 5.11 Å². The topological polar surface area (TPSA) is 92.5 Å². The normalized spacial score (nSPS) is 12.4. The number of rotatable bonds is 6. The van der Waals surface area contributed by atoms with Gasteiger partial charge in [-0.2, -0.15) is 0 Å². The first kappa shape index (κ1) is 15.4. The fourth-order valence-electron chi connectivity index (χ4n) is 1.68. The minimum Gasteiger partial charge on any atom is -0.480 e. The van der Waals surface area contributed by atoms with Crippen LogP contribution >= 0.6 is 11.6 Å². The second-order valence-electron chi connectivity index (χ2n) is 4.47. The van der Waals surface area contributed by atoms with E-state index in [4.69, 9.17) is 16.7 Å². The van der Waals surface area contributed by atoms with E-state index in [-0.39, 0.29) is 23.2 Å². The van der Waals surface area contributed by atoms with E-state index in [1.54, 1.807) is 13.8 Å². The highest BCUT2D eigenvalue weighted by atomic mass is 35.5. The molecule has 0 aliphatic carbocycles. The second-order valence-corrected chi connectivity index (χ2v) is 4.91. The number of carboxylic acids is 1. The summed E-state index contributed by atoms with van der Waals surface area (Å²) >= 11 is 5.71. The molecule has 19 heavy (non-hydrogen) atoms. The van der Waals surface area contributed by atoms with E-state index in [2.05, 4.69) is 5.32 Å². The van der Waals surface area contributed by atoms with Crippen LogP contribution in [0.25, 0.3) is 0 Å². The smallest absolute Gasteiger partial charge is 0.320 e. The Morgan fingerprint density at radius 3 is 2.63 bits per heavy atom. The zero-order chi connectivity index (χ0) is 14.6. The molecule has 104 valence electrons. The molecule has 0 aromatic heterocycles. The Labute approximate surface area is 115 Å². The quantitative estimate of drug-likeness (QED) is 0.619. The van der Waals surface area contributed by atoms with Crippen molar-refractivity contribution >= 4 is 23.3 Å². The molecule has 0 heterocycles. The van der Waals surface area contributed by atoms with Gasteiger partial charge in [0.05, 0.1) is 4.92 Å². The van der Waals surface area contributed by atoms with E-state index in [9.17, 15) is 14.9 Å². The molecular formula is C12H15ClN2O4. The maximum Gasteiger partial charge on any atom is 0.320 e.